The first-order valence-electron chi connectivity index (χ1n) is 5.95. The molecule has 0 saturated carbocycles. The van der Waals surface area contributed by atoms with Crippen LogP contribution in [-0.4, -0.2) is 24.1 Å². The highest BCUT2D eigenvalue weighted by Gasteiger charge is 2.13. The Morgan fingerprint density at radius 2 is 2.29 bits per heavy atom. The summed E-state index contributed by atoms with van der Waals surface area (Å²) in [7, 11) is 0. The van der Waals surface area contributed by atoms with E-state index in [2.05, 4.69) is 17.2 Å². The number of anilines is 1. The van der Waals surface area contributed by atoms with E-state index in [1.807, 2.05) is 31.2 Å². The predicted octanol–water partition coefficient (Wildman–Crippen LogP) is 3.24. The van der Waals surface area contributed by atoms with Crippen molar-refractivity contribution >= 4 is 22.6 Å². The average Bonchev–Trinajstić information content (AvgIpc) is 2.35. The van der Waals surface area contributed by atoms with E-state index >= 15 is 0 Å². The van der Waals surface area contributed by atoms with Crippen molar-refractivity contribution in [1.82, 2.24) is 0 Å². The molecule has 1 aromatic rings. The van der Waals surface area contributed by atoms with Gasteiger partial charge in [0.1, 0.15) is 5.75 Å². The number of nitrogens with one attached hydrogen (secondary N) is 1. The maximum absolute atomic E-state index is 5.57. The van der Waals surface area contributed by atoms with Gasteiger partial charge in [0.2, 0.25) is 0 Å². The normalized spacial score (nSPS) is 19.6. The molecule has 0 radical (unpaired) electrons. The molecule has 1 atom stereocenters. The summed E-state index contributed by atoms with van der Waals surface area (Å²) in [5.74, 6) is 2.69. The van der Waals surface area contributed by atoms with Crippen molar-refractivity contribution in [3.63, 3.8) is 0 Å². The minimum atomic E-state index is 0.674. The second-order valence-corrected chi connectivity index (χ2v) is 5.12. The van der Waals surface area contributed by atoms with Crippen LogP contribution in [0.1, 0.15) is 13.8 Å². The number of benzene rings is 1. The van der Waals surface area contributed by atoms with Crippen LogP contribution in [0.15, 0.2) is 29.3 Å². The number of amidine groups is 1. The first kappa shape index (κ1) is 12.3. The molecule has 17 heavy (non-hydrogen) atoms. The number of nitrogens with zero attached hydrogens (tertiary/aromatic N) is 1. The number of thioether (sulfide) groups is 1. The highest BCUT2D eigenvalue weighted by atomic mass is 32.2. The second kappa shape index (κ2) is 5.96. The summed E-state index contributed by atoms with van der Waals surface area (Å²) < 4.78 is 5.57. The van der Waals surface area contributed by atoms with Gasteiger partial charge < -0.3 is 10.1 Å². The first-order chi connectivity index (χ1) is 8.29. The Morgan fingerprint density at radius 3 is 3.00 bits per heavy atom. The molecule has 1 heterocycles. The number of ether oxygens (including phenoxy) is 1. The number of aliphatic imine (C=N–C) groups is 1. The van der Waals surface area contributed by atoms with Crippen LogP contribution in [-0.2, 0) is 0 Å². The summed E-state index contributed by atoms with van der Waals surface area (Å²) in [5.41, 5.74) is 0.996. The summed E-state index contributed by atoms with van der Waals surface area (Å²) in [4.78, 5) is 4.52. The largest absolute Gasteiger partial charge is 0.492 e. The van der Waals surface area contributed by atoms with Crippen molar-refractivity contribution in [1.29, 1.82) is 0 Å². The van der Waals surface area contributed by atoms with Crippen LogP contribution in [0.25, 0.3) is 0 Å². The van der Waals surface area contributed by atoms with Crippen molar-refractivity contribution in [3.8, 4) is 5.75 Å². The molecule has 3 nitrogen and oxygen atoms in total. The van der Waals surface area contributed by atoms with Gasteiger partial charge in [0.15, 0.2) is 5.17 Å². The molecule has 92 valence electrons. The molecule has 0 aromatic heterocycles. The van der Waals surface area contributed by atoms with Gasteiger partial charge in [0, 0.05) is 12.3 Å². The molecule has 2 rings (SSSR count). The number of rotatable bonds is 3. The lowest BCUT2D eigenvalue weighted by Gasteiger charge is -2.19. The minimum Gasteiger partial charge on any atom is -0.492 e. The van der Waals surface area contributed by atoms with Gasteiger partial charge in [-0.05, 0) is 25.0 Å². The Hall–Kier alpha value is -1.16. The molecule has 0 saturated heterocycles. The zero-order valence-electron chi connectivity index (χ0n) is 10.3. The highest BCUT2D eigenvalue weighted by molar-refractivity contribution is 8.14. The van der Waals surface area contributed by atoms with Crippen molar-refractivity contribution in [2.45, 2.75) is 13.8 Å². The topological polar surface area (TPSA) is 33.6 Å². The number of hydrogen-bond donors (Lipinski definition) is 1. The maximum atomic E-state index is 5.57. The average molecular weight is 250 g/mol. The Kier molecular flexibility index (Phi) is 4.31. The zero-order chi connectivity index (χ0) is 12.1. The Morgan fingerprint density at radius 1 is 1.47 bits per heavy atom. The molecule has 1 N–H and O–H groups in total. The SMILES string of the molecule is CCOc1ccccc1NC1=NCC(C)CS1. The van der Waals surface area contributed by atoms with Gasteiger partial charge in [-0.3, -0.25) is 4.99 Å². The standard InChI is InChI=1S/C13H18N2OS/c1-3-16-12-7-5-4-6-11(12)15-13-14-8-10(2)9-17-13/h4-7,10H,3,8-9H2,1-2H3,(H,14,15). The van der Waals surface area contributed by atoms with Crippen molar-refractivity contribution < 1.29 is 4.74 Å². The molecule has 1 aromatic carbocycles. The van der Waals surface area contributed by atoms with Crippen LogP contribution >= 0.6 is 11.8 Å². The lowest BCUT2D eigenvalue weighted by molar-refractivity contribution is 0.342. The number of hydrogen-bond acceptors (Lipinski definition) is 4. The molecular formula is C13H18N2OS. The van der Waals surface area contributed by atoms with E-state index in [1.54, 1.807) is 11.8 Å². The van der Waals surface area contributed by atoms with Crippen LogP contribution in [0, 0.1) is 5.92 Å². The van der Waals surface area contributed by atoms with Crippen LogP contribution in [0.5, 0.6) is 5.75 Å². The van der Waals surface area contributed by atoms with Crippen molar-refractivity contribution in [2.24, 2.45) is 10.9 Å². The second-order valence-electron chi connectivity index (χ2n) is 4.12. The van der Waals surface area contributed by atoms with Gasteiger partial charge >= 0.3 is 0 Å². The Bertz CT molecular complexity index is 406. The lowest BCUT2D eigenvalue weighted by Crippen LogP contribution is -2.19. The summed E-state index contributed by atoms with van der Waals surface area (Å²) in [5, 5.41) is 4.34. The van der Waals surface area contributed by atoms with E-state index in [1.165, 1.54) is 0 Å². The van der Waals surface area contributed by atoms with Gasteiger partial charge in [-0.1, -0.05) is 30.8 Å². The molecule has 0 aliphatic carbocycles. The first-order valence-corrected chi connectivity index (χ1v) is 6.94. The highest BCUT2D eigenvalue weighted by Crippen LogP contribution is 2.26. The fourth-order valence-corrected chi connectivity index (χ4v) is 2.50. The fourth-order valence-electron chi connectivity index (χ4n) is 1.60. The van der Waals surface area contributed by atoms with Crippen LogP contribution < -0.4 is 10.1 Å². The smallest absolute Gasteiger partial charge is 0.161 e. The lowest BCUT2D eigenvalue weighted by atomic mass is 10.2. The fraction of sp³-hybridized carbons (Fsp3) is 0.462. The van der Waals surface area contributed by atoms with E-state index in [0.29, 0.717) is 12.5 Å². The van der Waals surface area contributed by atoms with Gasteiger partial charge in [-0.15, -0.1) is 0 Å². The summed E-state index contributed by atoms with van der Waals surface area (Å²) >= 11 is 1.78. The molecule has 1 aliphatic rings. The quantitative estimate of drug-likeness (QED) is 0.894. The van der Waals surface area contributed by atoms with Gasteiger partial charge in [0.25, 0.3) is 0 Å². The van der Waals surface area contributed by atoms with Gasteiger partial charge in [-0.25, -0.2) is 0 Å². The predicted molar refractivity (Wildman–Crippen MR) is 75.2 cm³/mol. The monoisotopic (exact) mass is 250 g/mol. The Balaban J connectivity index is 2.07. The third-order valence-electron chi connectivity index (χ3n) is 2.48. The van der Waals surface area contributed by atoms with E-state index in [0.717, 1.165) is 28.9 Å². The molecule has 0 fully saturated rings. The molecular weight excluding hydrogens is 232 g/mol. The molecule has 1 aliphatic heterocycles. The molecule has 1 unspecified atom stereocenters. The Labute approximate surface area is 107 Å². The maximum Gasteiger partial charge on any atom is 0.161 e. The molecule has 4 heteroatoms. The van der Waals surface area contributed by atoms with Crippen molar-refractivity contribution in [3.05, 3.63) is 24.3 Å². The van der Waals surface area contributed by atoms with Crippen LogP contribution in [0.4, 0.5) is 5.69 Å². The van der Waals surface area contributed by atoms with Crippen molar-refractivity contribution in [2.75, 3.05) is 24.2 Å². The van der Waals surface area contributed by atoms with Crippen LogP contribution in [0.2, 0.25) is 0 Å². The van der Waals surface area contributed by atoms with Gasteiger partial charge in [-0.2, -0.15) is 0 Å². The van der Waals surface area contributed by atoms with E-state index in [4.69, 9.17) is 4.74 Å². The summed E-state index contributed by atoms with van der Waals surface area (Å²) in [6.07, 6.45) is 0. The van der Waals surface area contributed by atoms with E-state index in [9.17, 15) is 0 Å². The van der Waals surface area contributed by atoms with Gasteiger partial charge in [0.05, 0.1) is 12.3 Å². The minimum absolute atomic E-state index is 0.674. The summed E-state index contributed by atoms with van der Waals surface area (Å²) in [6.45, 7) is 5.80. The van der Waals surface area contributed by atoms with Crippen LogP contribution in [0.3, 0.4) is 0 Å². The zero-order valence-corrected chi connectivity index (χ0v) is 11.1. The molecule has 0 bridgehead atoms. The van der Waals surface area contributed by atoms with E-state index < -0.39 is 0 Å². The third-order valence-corrected chi connectivity index (χ3v) is 3.72. The van der Waals surface area contributed by atoms with E-state index in [-0.39, 0.29) is 0 Å². The summed E-state index contributed by atoms with van der Waals surface area (Å²) in [6, 6.07) is 7.98. The molecule has 0 amide bonds. The number of para-hydroxylation sites is 2. The third kappa shape index (κ3) is 3.40. The molecule has 0 spiro atoms.